The molecule has 0 fully saturated rings. The van der Waals surface area contributed by atoms with Crippen molar-refractivity contribution in [1.29, 1.82) is 0 Å². The average Bonchev–Trinajstić information content (AvgIpc) is 2.73. The van der Waals surface area contributed by atoms with Crippen LogP contribution >= 0.6 is 11.6 Å². The van der Waals surface area contributed by atoms with Crippen LogP contribution in [0.15, 0.2) is 77.7 Å². The molecular formula is C22H21ClN2O4S. The van der Waals surface area contributed by atoms with Crippen LogP contribution < -0.4 is 10.0 Å². The lowest BCUT2D eigenvalue weighted by molar-refractivity contribution is -0.141. The zero-order chi connectivity index (χ0) is 21.7. The Labute approximate surface area is 180 Å². The topological polar surface area (TPSA) is 84.5 Å². The summed E-state index contributed by atoms with van der Waals surface area (Å²) < 4.78 is 32.5. The van der Waals surface area contributed by atoms with E-state index < -0.39 is 22.0 Å². The maximum atomic E-state index is 12.5. The lowest BCUT2D eigenvalue weighted by atomic mass is 10.1. The highest BCUT2D eigenvalue weighted by molar-refractivity contribution is 7.92. The van der Waals surface area contributed by atoms with Gasteiger partial charge in [0.05, 0.1) is 12.0 Å². The molecule has 0 aromatic heterocycles. The molecule has 3 aromatic rings. The van der Waals surface area contributed by atoms with Crippen molar-refractivity contribution >= 4 is 39.0 Å². The van der Waals surface area contributed by atoms with E-state index in [1.54, 1.807) is 72.8 Å². The molecule has 0 aliphatic rings. The summed E-state index contributed by atoms with van der Waals surface area (Å²) in [5.41, 5.74) is 2.55. The van der Waals surface area contributed by atoms with Crippen molar-refractivity contribution in [2.45, 2.75) is 17.9 Å². The van der Waals surface area contributed by atoms with Crippen LogP contribution in [0.4, 0.5) is 11.4 Å². The number of hydrogen-bond donors (Lipinski definition) is 2. The second-order valence-electron chi connectivity index (χ2n) is 6.62. The van der Waals surface area contributed by atoms with Crippen molar-refractivity contribution < 1.29 is 17.9 Å². The third kappa shape index (κ3) is 5.11. The van der Waals surface area contributed by atoms with Crippen LogP contribution in [0.25, 0.3) is 0 Å². The van der Waals surface area contributed by atoms with Gasteiger partial charge in [0, 0.05) is 22.0 Å². The summed E-state index contributed by atoms with van der Waals surface area (Å²) in [5, 5.41) is 3.51. The van der Waals surface area contributed by atoms with Crippen molar-refractivity contribution in [3.63, 3.8) is 0 Å². The second-order valence-corrected chi connectivity index (χ2v) is 8.71. The first kappa shape index (κ1) is 21.7. The van der Waals surface area contributed by atoms with E-state index in [1.807, 2.05) is 6.92 Å². The van der Waals surface area contributed by atoms with Crippen molar-refractivity contribution in [1.82, 2.24) is 0 Å². The van der Waals surface area contributed by atoms with E-state index in [1.165, 1.54) is 7.11 Å². The molecule has 156 valence electrons. The first-order chi connectivity index (χ1) is 14.3. The molecule has 0 aliphatic carbocycles. The largest absolute Gasteiger partial charge is 0.467 e. The molecular weight excluding hydrogens is 424 g/mol. The Hall–Kier alpha value is -3.03. The van der Waals surface area contributed by atoms with E-state index in [2.05, 4.69) is 10.0 Å². The van der Waals surface area contributed by atoms with Crippen LogP contribution in [0.3, 0.4) is 0 Å². The van der Waals surface area contributed by atoms with E-state index in [9.17, 15) is 13.2 Å². The van der Waals surface area contributed by atoms with Crippen LogP contribution in [0.2, 0.25) is 5.02 Å². The summed E-state index contributed by atoms with van der Waals surface area (Å²) in [6.45, 7) is 1.89. The molecule has 30 heavy (non-hydrogen) atoms. The van der Waals surface area contributed by atoms with Gasteiger partial charge in [-0.15, -0.1) is 0 Å². The van der Waals surface area contributed by atoms with Gasteiger partial charge in [0.2, 0.25) is 0 Å². The maximum absolute atomic E-state index is 12.5. The van der Waals surface area contributed by atoms with Crippen molar-refractivity contribution in [2.24, 2.45) is 0 Å². The fourth-order valence-corrected chi connectivity index (χ4v) is 4.13. The number of benzene rings is 3. The molecule has 1 unspecified atom stereocenters. The average molecular weight is 445 g/mol. The van der Waals surface area contributed by atoms with Crippen molar-refractivity contribution in [3.8, 4) is 0 Å². The van der Waals surface area contributed by atoms with Gasteiger partial charge in [0.15, 0.2) is 6.04 Å². The minimum atomic E-state index is -3.69. The molecule has 0 heterocycles. The fraction of sp³-hybridized carbons (Fsp3) is 0.136. The zero-order valence-electron chi connectivity index (χ0n) is 16.4. The quantitative estimate of drug-likeness (QED) is 0.512. The van der Waals surface area contributed by atoms with Gasteiger partial charge in [-0.25, -0.2) is 13.2 Å². The number of aryl methyl sites for hydroxylation is 1. The summed E-state index contributed by atoms with van der Waals surface area (Å²) in [5.74, 6) is -0.493. The van der Waals surface area contributed by atoms with Gasteiger partial charge >= 0.3 is 5.97 Å². The number of rotatable bonds is 7. The molecule has 0 bridgehead atoms. The highest BCUT2D eigenvalue weighted by atomic mass is 35.5. The number of halogens is 1. The monoisotopic (exact) mass is 444 g/mol. The Balaban J connectivity index is 1.78. The minimum Gasteiger partial charge on any atom is -0.467 e. The van der Waals surface area contributed by atoms with E-state index in [0.717, 1.165) is 5.56 Å². The number of ether oxygens (including phenoxy) is 1. The van der Waals surface area contributed by atoms with Crippen LogP contribution in [0, 0.1) is 6.92 Å². The summed E-state index contributed by atoms with van der Waals surface area (Å²) in [4.78, 5) is 12.4. The Bertz CT molecular complexity index is 1130. The van der Waals surface area contributed by atoms with E-state index >= 15 is 0 Å². The Kier molecular flexibility index (Phi) is 6.64. The number of carbonyl (C=O) groups is 1. The molecule has 1 atom stereocenters. The lowest BCUT2D eigenvalue weighted by Gasteiger charge is -2.19. The third-order valence-electron chi connectivity index (χ3n) is 4.43. The molecule has 0 saturated heterocycles. The maximum Gasteiger partial charge on any atom is 0.333 e. The first-order valence-electron chi connectivity index (χ1n) is 9.08. The normalized spacial score (nSPS) is 12.1. The summed E-state index contributed by atoms with van der Waals surface area (Å²) in [6.07, 6.45) is 0. The summed E-state index contributed by atoms with van der Waals surface area (Å²) >= 11 is 6.23. The van der Waals surface area contributed by atoms with Crippen LogP contribution in [-0.2, 0) is 19.6 Å². The van der Waals surface area contributed by atoms with Gasteiger partial charge < -0.3 is 10.1 Å². The molecule has 3 rings (SSSR count). The van der Waals surface area contributed by atoms with Crippen molar-refractivity contribution in [2.75, 3.05) is 17.1 Å². The van der Waals surface area contributed by atoms with E-state index in [-0.39, 0.29) is 4.90 Å². The van der Waals surface area contributed by atoms with Crippen LogP contribution in [0.1, 0.15) is 17.2 Å². The van der Waals surface area contributed by atoms with Gasteiger partial charge in [-0.3, -0.25) is 4.72 Å². The molecule has 8 heteroatoms. The number of methoxy groups -OCH3 is 1. The van der Waals surface area contributed by atoms with Gasteiger partial charge in [-0.05, 0) is 49.4 Å². The lowest BCUT2D eigenvalue weighted by Crippen LogP contribution is -2.22. The smallest absolute Gasteiger partial charge is 0.333 e. The van der Waals surface area contributed by atoms with Gasteiger partial charge in [-0.1, -0.05) is 47.5 Å². The Morgan fingerprint density at radius 1 is 0.933 bits per heavy atom. The molecule has 0 amide bonds. The van der Waals surface area contributed by atoms with Gasteiger partial charge in [0.25, 0.3) is 10.0 Å². The summed E-state index contributed by atoms with van der Waals surface area (Å²) in [7, 11) is -2.39. The highest BCUT2D eigenvalue weighted by Crippen LogP contribution is 2.28. The molecule has 0 radical (unpaired) electrons. The molecule has 2 N–H and O–H groups in total. The van der Waals surface area contributed by atoms with Gasteiger partial charge in [-0.2, -0.15) is 0 Å². The molecule has 6 nitrogen and oxygen atoms in total. The highest BCUT2D eigenvalue weighted by Gasteiger charge is 2.23. The molecule has 0 aliphatic heterocycles. The fourth-order valence-electron chi connectivity index (χ4n) is 2.82. The summed E-state index contributed by atoms with van der Waals surface area (Å²) in [6, 6.07) is 19.3. The predicted octanol–water partition coefficient (Wildman–Crippen LogP) is 4.78. The van der Waals surface area contributed by atoms with Gasteiger partial charge in [0.1, 0.15) is 0 Å². The number of esters is 1. The minimum absolute atomic E-state index is 0.180. The third-order valence-corrected chi connectivity index (χ3v) is 6.17. The standard InChI is InChI=1S/C22H21ClN2O4S/c1-15-7-13-18(14-8-15)30(27,28)25-17-11-9-16(10-12-17)24-21(22(26)29-2)19-5-3-4-6-20(19)23/h3-14,21,24-25H,1-2H3. The Morgan fingerprint density at radius 2 is 1.53 bits per heavy atom. The molecule has 3 aromatic carbocycles. The van der Waals surface area contributed by atoms with Crippen molar-refractivity contribution in [3.05, 3.63) is 88.9 Å². The zero-order valence-corrected chi connectivity index (χ0v) is 18.0. The molecule has 0 saturated carbocycles. The second kappa shape index (κ2) is 9.19. The van der Waals surface area contributed by atoms with Crippen LogP contribution in [-0.4, -0.2) is 21.5 Å². The van der Waals surface area contributed by atoms with E-state index in [0.29, 0.717) is 22.0 Å². The number of hydrogen-bond acceptors (Lipinski definition) is 5. The van der Waals surface area contributed by atoms with Crippen LogP contribution in [0.5, 0.6) is 0 Å². The number of carbonyl (C=O) groups excluding carboxylic acids is 1. The first-order valence-corrected chi connectivity index (χ1v) is 10.9. The predicted molar refractivity (Wildman–Crippen MR) is 118 cm³/mol. The number of nitrogens with one attached hydrogen (secondary N) is 2. The SMILES string of the molecule is COC(=O)C(Nc1ccc(NS(=O)(=O)c2ccc(C)cc2)cc1)c1ccccc1Cl. The molecule has 0 spiro atoms. The number of anilines is 2. The van der Waals surface area contributed by atoms with E-state index in [4.69, 9.17) is 16.3 Å². The Morgan fingerprint density at radius 3 is 2.13 bits per heavy atom. The number of sulfonamides is 1.